The van der Waals surface area contributed by atoms with Gasteiger partial charge in [0.05, 0.1) is 0 Å². The first kappa shape index (κ1) is 35.4. The fourth-order valence-electron chi connectivity index (χ4n) is 9.42. The highest BCUT2D eigenvalue weighted by molar-refractivity contribution is 6.72. The molecule has 262 valence electrons. The average molecular weight is 722 g/mol. The van der Waals surface area contributed by atoms with Crippen molar-refractivity contribution in [1.29, 1.82) is 0 Å². The summed E-state index contributed by atoms with van der Waals surface area (Å²) in [6.07, 6.45) is 0. The van der Waals surface area contributed by atoms with Crippen LogP contribution in [0.2, 0.25) is 0 Å². The fourth-order valence-corrected chi connectivity index (χ4v) is 9.42. The van der Waals surface area contributed by atoms with Gasteiger partial charge in [-0.25, -0.2) is 0 Å². The molecule has 10 aromatic rings. The number of nitrogens with zero attached hydrogens (tertiary/aromatic N) is 1. The predicted molar refractivity (Wildman–Crippen MR) is 269 cm³/mol. The van der Waals surface area contributed by atoms with Crippen molar-refractivity contribution < 1.29 is 8.83 Å². The summed E-state index contributed by atoms with van der Waals surface area (Å²) in [5, 5.41) is 8.50. The van der Waals surface area contributed by atoms with Gasteiger partial charge in [-0.1, -0.05) is 94.6 Å². The lowest BCUT2D eigenvalue weighted by molar-refractivity contribution is 0.635. The summed E-state index contributed by atoms with van der Waals surface area (Å²) in [5.41, 5.74) is 19.7. The number of fused-ring (bicyclic) bond motifs is 9. The fraction of sp³-hybridized carbons (Fsp3) is 0. The van der Waals surface area contributed by atoms with Gasteiger partial charge in [-0.15, -0.1) is 21.9 Å². The number of rotatable bonds is 5. The molecular formula is C46H37B8NO2. The zero-order valence-electron chi connectivity index (χ0n) is 33.9. The van der Waals surface area contributed by atoms with Crippen LogP contribution in [0.15, 0.2) is 136 Å². The third kappa shape index (κ3) is 5.24. The smallest absolute Gasteiger partial charge is 0.143 e. The molecule has 0 spiro atoms. The van der Waals surface area contributed by atoms with E-state index in [2.05, 4.69) is 195 Å². The van der Waals surface area contributed by atoms with Crippen LogP contribution in [-0.2, 0) is 0 Å². The molecule has 0 N–H and O–H groups in total. The third-order valence-electron chi connectivity index (χ3n) is 13.1. The summed E-state index contributed by atoms with van der Waals surface area (Å²) in [6, 6.07) is 44.9. The first-order chi connectivity index (χ1) is 27.6. The van der Waals surface area contributed by atoms with Gasteiger partial charge in [0.15, 0.2) is 0 Å². The normalized spacial score (nSPS) is 11.7. The van der Waals surface area contributed by atoms with E-state index in [0.717, 1.165) is 67.0 Å². The second kappa shape index (κ2) is 13.3. The van der Waals surface area contributed by atoms with Gasteiger partial charge in [0.1, 0.15) is 85.3 Å². The number of benzene rings is 8. The van der Waals surface area contributed by atoms with Gasteiger partial charge in [0.2, 0.25) is 0 Å². The summed E-state index contributed by atoms with van der Waals surface area (Å²) in [6.45, 7) is 0. The first-order valence-electron chi connectivity index (χ1n) is 19.9. The summed E-state index contributed by atoms with van der Waals surface area (Å²) in [4.78, 5) is 2.27. The van der Waals surface area contributed by atoms with Crippen LogP contribution in [0.25, 0.3) is 76.9 Å². The molecule has 2 aromatic heterocycles. The Hall–Kier alpha value is -6.06. The van der Waals surface area contributed by atoms with Gasteiger partial charge in [0, 0.05) is 55.8 Å². The van der Waals surface area contributed by atoms with Crippen LogP contribution < -0.4 is 48.6 Å². The Kier molecular flexibility index (Phi) is 8.23. The van der Waals surface area contributed by atoms with Crippen molar-refractivity contribution in [2.45, 2.75) is 0 Å². The van der Waals surface area contributed by atoms with Crippen LogP contribution >= 0.6 is 0 Å². The molecule has 0 aliphatic carbocycles. The topological polar surface area (TPSA) is 29.5 Å². The molecule has 10 rings (SSSR count). The average Bonchev–Trinajstić information content (AvgIpc) is 3.82. The SMILES string of the molecule is Bc1c(B)c(B)c2c(c1B)c1oc(-c3ccc4c(c3)oc3cc(N(c5ccccc5)c5ccccc5)ccc34)c(-c3ccccc3)c1c1c(B)c(B)c(B)c(B)c21. The Morgan fingerprint density at radius 3 is 1.37 bits per heavy atom. The second-order valence-corrected chi connectivity index (χ2v) is 15.9. The molecule has 0 saturated heterocycles. The summed E-state index contributed by atoms with van der Waals surface area (Å²) in [5.74, 6) is 0.859. The molecule has 0 saturated carbocycles. The summed E-state index contributed by atoms with van der Waals surface area (Å²) >= 11 is 0. The van der Waals surface area contributed by atoms with Crippen molar-refractivity contribution >= 4 is 178 Å². The van der Waals surface area contributed by atoms with Crippen molar-refractivity contribution in [3.05, 3.63) is 127 Å². The monoisotopic (exact) mass is 723 g/mol. The first-order valence-corrected chi connectivity index (χ1v) is 19.9. The van der Waals surface area contributed by atoms with Gasteiger partial charge in [-0.2, -0.15) is 0 Å². The maximum absolute atomic E-state index is 7.38. The Morgan fingerprint density at radius 1 is 0.351 bits per heavy atom. The molecule has 3 nitrogen and oxygen atoms in total. The van der Waals surface area contributed by atoms with E-state index in [9.17, 15) is 0 Å². The highest BCUT2D eigenvalue weighted by Crippen LogP contribution is 2.47. The lowest BCUT2D eigenvalue weighted by atomic mass is 9.60. The Bertz CT molecular complexity index is 3230. The molecule has 2 heterocycles. The van der Waals surface area contributed by atoms with Crippen LogP contribution in [-0.4, -0.2) is 62.8 Å². The molecule has 0 bridgehead atoms. The molecular weight excluding hydrogens is 685 g/mol. The summed E-state index contributed by atoms with van der Waals surface area (Å²) < 4.78 is 14.2. The number of anilines is 3. The van der Waals surface area contributed by atoms with Gasteiger partial charge >= 0.3 is 0 Å². The largest absolute Gasteiger partial charge is 0.456 e. The van der Waals surface area contributed by atoms with Crippen molar-refractivity contribution in [3.8, 4) is 22.5 Å². The van der Waals surface area contributed by atoms with Crippen molar-refractivity contribution in [2.24, 2.45) is 0 Å². The van der Waals surface area contributed by atoms with E-state index in [1.807, 2.05) is 0 Å². The molecule has 57 heavy (non-hydrogen) atoms. The quantitative estimate of drug-likeness (QED) is 0.178. The summed E-state index contributed by atoms with van der Waals surface area (Å²) in [7, 11) is 18.2. The number of furan rings is 2. The molecule has 0 atom stereocenters. The molecule has 0 fully saturated rings. The lowest BCUT2D eigenvalue weighted by Crippen LogP contribution is -2.50. The minimum atomic E-state index is 0.830. The number of hydrogen-bond acceptors (Lipinski definition) is 3. The van der Waals surface area contributed by atoms with E-state index in [1.54, 1.807) is 0 Å². The van der Waals surface area contributed by atoms with Gasteiger partial charge in [-0.3, -0.25) is 0 Å². The molecule has 0 aliphatic rings. The maximum atomic E-state index is 7.38. The van der Waals surface area contributed by atoms with Gasteiger partial charge < -0.3 is 13.7 Å². The Morgan fingerprint density at radius 2 is 0.807 bits per heavy atom. The Balaban J connectivity index is 1.27. The maximum Gasteiger partial charge on any atom is 0.143 e. The van der Waals surface area contributed by atoms with Gasteiger partial charge in [0.25, 0.3) is 0 Å². The number of para-hydroxylation sites is 2. The van der Waals surface area contributed by atoms with Crippen LogP contribution in [0.5, 0.6) is 0 Å². The van der Waals surface area contributed by atoms with E-state index in [-0.39, 0.29) is 0 Å². The molecule has 8 aromatic carbocycles. The lowest BCUT2D eigenvalue weighted by Gasteiger charge is -2.25. The number of hydrogen-bond donors (Lipinski definition) is 0. The standard InChI is InChI=1S/C46H37B8NO2/c47-37-32-33(38(48)42(52)41(37)51)35-31(22-10-4-1-5-11-22)45(57-46(35)36-34(32)39(49)43(53)44(54)40(36)50)23-16-18-27-28-19-17-26(21-30(28)56-29(27)20-23)55(24-12-6-2-7-13-24)25-14-8-3-9-15-25/h1-21H,47-54H2. The van der Waals surface area contributed by atoms with E-state index < -0.39 is 0 Å². The third-order valence-corrected chi connectivity index (χ3v) is 13.1. The molecule has 0 aliphatic heterocycles. The minimum Gasteiger partial charge on any atom is -0.456 e. The van der Waals surface area contributed by atoms with E-state index >= 15 is 0 Å². The van der Waals surface area contributed by atoms with E-state index in [4.69, 9.17) is 8.83 Å². The highest BCUT2D eigenvalue weighted by Gasteiger charge is 2.28. The van der Waals surface area contributed by atoms with E-state index in [1.165, 1.54) is 70.6 Å². The minimum absolute atomic E-state index is 0.830. The van der Waals surface area contributed by atoms with Crippen LogP contribution in [0.3, 0.4) is 0 Å². The molecule has 0 amide bonds. The van der Waals surface area contributed by atoms with Crippen LogP contribution in [0, 0.1) is 0 Å². The molecule has 11 heteroatoms. The van der Waals surface area contributed by atoms with Crippen molar-refractivity contribution in [2.75, 3.05) is 4.90 Å². The molecule has 0 radical (unpaired) electrons. The van der Waals surface area contributed by atoms with Crippen LogP contribution in [0.1, 0.15) is 0 Å². The molecule has 0 unspecified atom stereocenters. The van der Waals surface area contributed by atoms with Gasteiger partial charge in [-0.05, 0) is 70.3 Å². The highest BCUT2D eigenvalue weighted by atomic mass is 16.3. The zero-order chi connectivity index (χ0) is 39.3. The van der Waals surface area contributed by atoms with Crippen molar-refractivity contribution in [3.63, 3.8) is 0 Å². The predicted octanol–water partition coefficient (Wildman–Crippen LogP) is -0.490. The van der Waals surface area contributed by atoms with Crippen LogP contribution in [0.4, 0.5) is 17.1 Å². The van der Waals surface area contributed by atoms with Crippen molar-refractivity contribution in [1.82, 2.24) is 0 Å². The van der Waals surface area contributed by atoms with E-state index in [0.29, 0.717) is 0 Å². The zero-order valence-corrected chi connectivity index (χ0v) is 33.9. The Labute approximate surface area is 340 Å². The second-order valence-electron chi connectivity index (χ2n) is 15.9.